The number of hydrogen-bond donors (Lipinski definition) is 1. The van der Waals surface area contributed by atoms with Crippen molar-refractivity contribution in [2.24, 2.45) is 5.92 Å². The Hall–Kier alpha value is -1.32. The first-order chi connectivity index (χ1) is 8.66. The van der Waals surface area contributed by atoms with E-state index in [0.717, 1.165) is 32.2 Å². The van der Waals surface area contributed by atoms with Crippen LogP contribution < -0.4 is 0 Å². The summed E-state index contributed by atoms with van der Waals surface area (Å²) in [5.41, 5.74) is 3.05. The topological polar surface area (TPSA) is 49.0 Å². The molecule has 4 heteroatoms. The number of aromatic amines is 1. The molecule has 3 rings (SSSR count). The minimum Gasteiger partial charge on any atom is -0.335 e. The summed E-state index contributed by atoms with van der Waals surface area (Å²) in [6, 6.07) is 0.367. The average Bonchev–Trinajstić information content (AvgIpc) is 2.94. The van der Waals surface area contributed by atoms with Crippen LogP contribution in [-0.2, 0) is 12.8 Å². The van der Waals surface area contributed by atoms with Gasteiger partial charge >= 0.3 is 0 Å². The van der Waals surface area contributed by atoms with Crippen molar-refractivity contribution in [2.75, 3.05) is 6.54 Å². The van der Waals surface area contributed by atoms with Crippen molar-refractivity contribution in [3.63, 3.8) is 0 Å². The van der Waals surface area contributed by atoms with Gasteiger partial charge in [0.25, 0.3) is 5.91 Å². The van der Waals surface area contributed by atoms with E-state index in [-0.39, 0.29) is 5.91 Å². The van der Waals surface area contributed by atoms with Crippen LogP contribution in [0.2, 0.25) is 0 Å². The number of hydrogen-bond acceptors (Lipinski definition) is 2. The number of aromatic nitrogens is 2. The van der Waals surface area contributed by atoms with Gasteiger partial charge in [-0.05, 0) is 44.9 Å². The minimum absolute atomic E-state index is 0.131. The van der Waals surface area contributed by atoms with Crippen LogP contribution in [0.1, 0.15) is 54.9 Å². The summed E-state index contributed by atoms with van der Waals surface area (Å²) in [7, 11) is 0. The summed E-state index contributed by atoms with van der Waals surface area (Å²) in [6.07, 6.45) is 5.47. The molecule has 1 aromatic rings. The largest absolute Gasteiger partial charge is 0.335 e. The molecular formula is C14H21N3O. The normalized spacial score (nSPS) is 27.3. The highest BCUT2D eigenvalue weighted by Gasteiger charge is 2.31. The van der Waals surface area contributed by atoms with E-state index in [0.29, 0.717) is 17.7 Å². The fourth-order valence-electron chi connectivity index (χ4n) is 3.22. The van der Waals surface area contributed by atoms with Crippen LogP contribution in [-0.4, -0.2) is 33.6 Å². The molecule has 0 spiro atoms. The first-order valence-electron chi connectivity index (χ1n) is 7.04. The van der Waals surface area contributed by atoms with E-state index in [1.54, 1.807) is 0 Å². The van der Waals surface area contributed by atoms with Gasteiger partial charge in [-0.25, -0.2) is 0 Å². The Balaban J connectivity index is 1.88. The minimum atomic E-state index is 0.131. The second-order valence-electron chi connectivity index (χ2n) is 5.87. The summed E-state index contributed by atoms with van der Waals surface area (Å²) in [6.45, 7) is 5.27. The molecule has 0 aromatic carbocycles. The van der Waals surface area contributed by atoms with E-state index >= 15 is 0 Å². The number of nitrogens with zero attached hydrogens (tertiary/aromatic N) is 2. The highest BCUT2D eigenvalue weighted by atomic mass is 16.2. The van der Waals surface area contributed by atoms with Crippen molar-refractivity contribution in [1.29, 1.82) is 0 Å². The molecule has 1 aliphatic heterocycles. The Morgan fingerprint density at radius 1 is 1.39 bits per heavy atom. The number of nitrogens with one attached hydrogen (secondary N) is 1. The van der Waals surface area contributed by atoms with E-state index in [2.05, 4.69) is 24.0 Å². The van der Waals surface area contributed by atoms with Crippen LogP contribution in [0.3, 0.4) is 0 Å². The molecule has 2 aliphatic rings. The van der Waals surface area contributed by atoms with Gasteiger partial charge in [0.15, 0.2) is 5.69 Å². The summed E-state index contributed by atoms with van der Waals surface area (Å²) < 4.78 is 0. The Labute approximate surface area is 108 Å². The zero-order valence-electron chi connectivity index (χ0n) is 11.2. The van der Waals surface area contributed by atoms with E-state index in [4.69, 9.17) is 0 Å². The van der Waals surface area contributed by atoms with Crippen molar-refractivity contribution in [3.05, 3.63) is 17.0 Å². The van der Waals surface area contributed by atoms with E-state index in [1.807, 2.05) is 4.90 Å². The lowest BCUT2D eigenvalue weighted by Gasteiger charge is -2.22. The Kier molecular flexibility index (Phi) is 2.88. The molecular weight excluding hydrogens is 226 g/mol. The molecule has 0 bridgehead atoms. The van der Waals surface area contributed by atoms with E-state index in [9.17, 15) is 4.79 Å². The molecule has 1 N–H and O–H groups in total. The van der Waals surface area contributed by atoms with Crippen LogP contribution in [0.25, 0.3) is 0 Å². The number of amides is 1. The number of fused-ring (bicyclic) bond motifs is 1. The second kappa shape index (κ2) is 4.41. The average molecular weight is 247 g/mol. The third-order valence-corrected chi connectivity index (χ3v) is 4.41. The maximum Gasteiger partial charge on any atom is 0.274 e. The lowest BCUT2D eigenvalue weighted by molar-refractivity contribution is 0.0740. The molecule has 18 heavy (non-hydrogen) atoms. The number of carbonyl (C=O) groups is 1. The van der Waals surface area contributed by atoms with Gasteiger partial charge < -0.3 is 4.90 Å². The molecule has 1 fully saturated rings. The van der Waals surface area contributed by atoms with Crippen LogP contribution in [0.5, 0.6) is 0 Å². The van der Waals surface area contributed by atoms with Crippen molar-refractivity contribution in [3.8, 4) is 0 Å². The van der Waals surface area contributed by atoms with Gasteiger partial charge in [0.1, 0.15) is 0 Å². The zero-order valence-corrected chi connectivity index (χ0v) is 11.2. The number of carbonyl (C=O) groups excluding carboxylic acids is 1. The quantitative estimate of drug-likeness (QED) is 0.826. The third-order valence-electron chi connectivity index (χ3n) is 4.41. The Morgan fingerprint density at radius 3 is 2.94 bits per heavy atom. The number of H-pyrrole nitrogens is 1. The van der Waals surface area contributed by atoms with Crippen molar-refractivity contribution in [2.45, 2.75) is 52.0 Å². The van der Waals surface area contributed by atoms with Crippen LogP contribution in [0, 0.1) is 5.92 Å². The van der Waals surface area contributed by atoms with E-state index in [1.165, 1.54) is 17.7 Å². The molecule has 98 valence electrons. The zero-order chi connectivity index (χ0) is 12.7. The molecule has 2 unspecified atom stereocenters. The monoisotopic (exact) mass is 247 g/mol. The van der Waals surface area contributed by atoms with Gasteiger partial charge in [-0.1, -0.05) is 6.92 Å². The first kappa shape index (κ1) is 11.8. The maximum absolute atomic E-state index is 12.5. The van der Waals surface area contributed by atoms with E-state index < -0.39 is 0 Å². The van der Waals surface area contributed by atoms with Crippen LogP contribution in [0.4, 0.5) is 0 Å². The highest BCUT2D eigenvalue weighted by Crippen LogP contribution is 2.28. The molecule has 1 saturated heterocycles. The van der Waals surface area contributed by atoms with Crippen molar-refractivity contribution < 1.29 is 4.79 Å². The van der Waals surface area contributed by atoms with Gasteiger partial charge in [-0.15, -0.1) is 0 Å². The van der Waals surface area contributed by atoms with Crippen molar-refractivity contribution in [1.82, 2.24) is 15.1 Å². The molecule has 2 heterocycles. The van der Waals surface area contributed by atoms with Gasteiger partial charge in [-0.3, -0.25) is 9.89 Å². The summed E-state index contributed by atoms with van der Waals surface area (Å²) in [5, 5.41) is 7.36. The summed E-state index contributed by atoms with van der Waals surface area (Å²) in [4.78, 5) is 14.5. The predicted octanol–water partition coefficient (Wildman–Crippen LogP) is 2.16. The number of rotatable bonds is 1. The van der Waals surface area contributed by atoms with Gasteiger partial charge in [0, 0.05) is 23.8 Å². The maximum atomic E-state index is 12.5. The smallest absolute Gasteiger partial charge is 0.274 e. The molecule has 1 amide bonds. The van der Waals surface area contributed by atoms with Gasteiger partial charge in [-0.2, -0.15) is 5.10 Å². The standard InChI is InChI=1S/C14H21N3O/c1-9-5-6-12-11(8-9)13(16-15-12)14(18)17-7-3-4-10(17)2/h9-10H,3-8H2,1-2H3,(H,15,16). The first-order valence-corrected chi connectivity index (χ1v) is 7.04. The van der Waals surface area contributed by atoms with Gasteiger partial charge in [0.2, 0.25) is 0 Å². The van der Waals surface area contributed by atoms with Crippen molar-refractivity contribution >= 4 is 5.91 Å². The molecule has 2 atom stereocenters. The molecule has 0 saturated carbocycles. The number of likely N-dealkylation sites (tertiary alicyclic amines) is 1. The predicted molar refractivity (Wildman–Crippen MR) is 69.5 cm³/mol. The fraction of sp³-hybridized carbons (Fsp3) is 0.714. The third kappa shape index (κ3) is 1.84. The SMILES string of the molecule is CC1CCc2[nH]nc(C(=O)N3CCCC3C)c2C1. The lowest BCUT2D eigenvalue weighted by Crippen LogP contribution is -2.34. The summed E-state index contributed by atoms with van der Waals surface area (Å²) >= 11 is 0. The Morgan fingerprint density at radius 2 is 2.22 bits per heavy atom. The highest BCUT2D eigenvalue weighted by molar-refractivity contribution is 5.94. The second-order valence-corrected chi connectivity index (χ2v) is 5.87. The fourth-order valence-corrected chi connectivity index (χ4v) is 3.22. The van der Waals surface area contributed by atoms with Crippen LogP contribution in [0.15, 0.2) is 0 Å². The molecule has 1 aliphatic carbocycles. The molecule has 1 aromatic heterocycles. The lowest BCUT2D eigenvalue weighted by atomic mass is 9.87. The Bertz CT molecular complexity index is 466. The number of aryl methyl sites for hydroxylation is 1. The molecule has 4 nitrogen and oxygen atoms in total. The molecule has 0 radical (unpaired) electrons. The van der Waals surface area contributed by atoms with Gasteiger partial charge in [0.05, 0.1) is 0 Å². The van der Waals surface area contributed by atoms with Crippen LogP contribution >= 0.6 is 0 Å². The summed E-state index contributed by atoms with van der Waals surface area (Å²) in [5.74, 6) is 0.796.